The summed E-state index contributed by atoms with van der Waals surface area (Å²) in [5.74, 6) is 0.959. The van der Waals surface area contributed by atoms with Crippen LogP contribution in [-0.4, -0.2) is 14.2 Å². The standard InChI is InChI=1S/C8H14Cl2Si/c9-8(10,11)7-3-1-6(5-7)2-4-7/h6H,1-5H2,11H3. The molecule has 3 heteroatoms. The molecule has 0 aromatic heterocycles. The van der Waals surface area contributed by atoms with Gasteiger partial charge in [0, 0.05) is 10.2 Å². The van der Waals surface area contributed by atoms with E-state index >= 15 is 0 Å². The van der Waals surface area contributed by atoms with E-state index in [1.54, 1.807) is 0 Å². The first-order chi connectivity index (χ1) is 5.04. The molecule has 2 fully saturated rings. The summed E-state index contributed by atoms with van der Waals surface area (Å²) in [4.78, 5) is 0. The Morgan fingerprint density at radius 2 is 1.82 bits per heavy atom. The van der Waals surface area contributed by atoms with Crippen molar-refractivity contribution in [3.8, 4) is 0 Å². The second kappa shape index (κ2) is 2.40. The van der Waals surface area contributed by atoms with Gasteiger partial charge < -0.3 is 0 Å². The van der Waals surface area contributed by atoms with Gasteiger partial charge in [0.05, 0.1) is 0 Å². The van der Waals surface area contributed by atoms with Crippen molar-refractivity contribution in [2.24, 2.45) is 11.3 Å². The highest BCUT2D eigenvalue weighted by Crippen LogP contribution is 2.61. The van der Waals surface area contributed by atoms with Crippen LogP contribution < -0.4 is 0 Å². The van der Waals surface area contributed by atoms with Crippen LogP contribution in [-0.2, 0) is 0 Å². The van der Waals surface area contributed by atoms with E-state index in [1.165, 1.54) is 32.1 Å². The van der Waals surface area contributed by atoms with Crippen LogP contribution in [0.25, 0.3) is 0 Å². The van der Waals surface area contributed by atoms with E-state index in [9.17, 15) is 0 Å². The third kappa shape index (κ3) is 1.16. The van der Waals surface area contributed by atoms with Gasteiger partial charge in [-0.15, -0.1) is 23.2 Å². The van der Waals surface area contributed by atoms with Gasteiger partial charge in [0.1, 0.15) is 3.96 Å². The summed E-state index contributed by atoms with van der Waals surface area (Å²) in [6, 6.07) is 0. The minimum atomic E-state index is -0.349. The highest BCUT2D eigenvalue weighted by atomic mass is 35.5. The van der Waals surface area contributed by atoms with E-state index in [4.69, 9.17) is 23.2 Å². The van der Waals surface area contributed by atoms with E-state index < -0.39 is 0 Å². The SMILES string of the molecule is [SiH3]C(Cl)(Cl)C12CCC(CC1)C2. The van der Waals surface area contributed by atoms with E-state index in [-0.39, 0.29) is 3.96 Å². The Balaban J connectivity index is 2.23. The van der Waals surface area contributed by atoms with Crippen molar-refractivity contribution in [2.45, 2.75) is 36.1 Å². The fourth-order valence-corrected chi connectivity index (χ4v) is 4.05. The summed E-state index contributed by atoms with van der Waals surface area (Å²) in [5.41, 5.74) is 0.340. The zero-order valence-corrected chi connectivity index (χ0v) is 10.4. The lowest BCUT2D eigenvalue weighted by atomic mass is 9.86. The lowest BCUT2D eigenvalue weighted by Gasteiger charge is -2.36. The average molecular weight is 209 g/mol. The smallest absolute Gasteiger partial charge is 0.103 e. The Kier molecular flexibility index (Phi) is 1.83. The maximum Gasteiger partial charge on any atom is 0.103 e. The Morgan fingerprint density at radius 3 is 2.00 bits per heavy atom. The maximum atomic E-state index is 6.25. The van der Waals surface area contributed by atoms with Crippen LogP contribution in [0.5, 0.6) is 0 Å². The summed E-state index contributed by atoms with van der Waals surface area (Å²) in [5, 5.41) is 0. The molecule has 0 nitrogen and oxygen atoms in total. The number of halogens is 2. The Bertz CT molecular complexity index is 165. The molecular formula is C8H14Cl2Si. The van der Waals surface area contributed by atoms with Crippen LogP contribution in [0, 0.1) is 11.3 Å². The van der Waals surface area contributed by atoms with E-state index in [1.807, 2.05) is 0 Å². The van der Waals surface area contributed by atoms with Crippen LogP contribution in [0.2, 0.25) is 0 Å². The first kappa shape index (κ1) is 8.40. The van der Waals surface area contributed by atoms with Crippen LogP contribution in [0.3, 0.4) is 0 Å². The molecule has 0 radical (unpaired) electrons. The number of fused-ring (bicyclic) bond motifs is 2. The van der Waals surface area contributed by atoms with Crippen molar-refractivity contribution in [2.75, 3.05) is 0 Å². The molecule has 2 rings (SSSR count). The topological polar surface area (TPSA) is 0 Å². The molecule has 2 saturated carbocycles. The first-order valence-electron chi connectivity index (χ1n) is 4.41. The third-order valence-electron chi connectivity index (χ3n) is 3.67. The number of hydrogen-bond acceptors (Lipinski definition) is 0. The maximum absolute atomic E-state index is 6.25. The molecular weight excluding hydrogens is 195 g/mol. The molecule has 64 valence electrons. The van der Waals surface area contributed by atoms with Gasteiger partial charge in [-0.3, -0.25) is 0 Å². The van der Waals surface area contributed by atoms with Crippen molar-refractivity contribution in [1.29, 1.82) is 0 Å². The van der Waals surface area contributed by atoms with Crippen LogP contribution >= 0.6 is 23.2 Å². The molecule has 0 aliphatic heterocycles. The molecule has 2 aliphatic carbocycles. The Morgan fingerprint density at radius 1 is 1.27 bits per heavy atom. The van der Waals surface area contributed by atoms with Crippen molar-refractivity contribution >= 4 is 33.4 Å². The minimum Gasteiger partial charge on any atom is -0.106 e. The van der Waals surface area contributed by atoms with Gasteiger partial charge in [-0.2, -0.15) is 0 Å². The van der Waals surface area contributed by atoms with Crippen molar-refractivity contribution < 1.29 is 0 Å². The van der Waals surface area contributed by atoms with Crippen molar-refractivity contribution in [3.05, 3.63) is 0 Å². The van der Waals surface area contributed by atoms with Gasteiger partial charge in [-0.05, 0) is 43.4 Å². The minimum absolute atomic E-state index is 0.340. The van der Waals surface area contributed by atoms with Gasteiger partial charge in [-0.25, -0.2) is 0 Å². The van der Waals surface area contributed by atoms with E-state index in [2.05, 4.69) is 0 Å². The quantitative estimate of drug-likeness (QED) is 0.458. The summed E-state index contributed by atoms with van der Waals surface area (Å²) in [7, 11) is 0.912. The largest absolute Gasteiger partial charge is 0.106 e. The van der Waals surface area contributed by atoms with Crippen molar-refractivity contribution in [1.82, 2.24) is 0 Å². The molecule has 2 bridgehead atoms. The molecule has 0 N–H and O–H groups in total. The van der Waals surface area contributed by atoms with Crippen molar-refractivity contribution in [3.63, 3.8) is 0 Å². The highest BCUT2D eigenvalue weighted by Gasteiger charge is 2.54. The van der Waals surface area contributed by atoms with Crippen LogP contribution in [0.15, 0.2) is 0 Å². The normalized spacial score (nSPS) is 43.6. The fourth-order valence-electron chi connectivity index (χ4n) is 2.81. The van der Waals surface area contributed by atoms with Crippen LogP contribution in [0.1, 0.15) is 32.1 Å². The van der Waals surface area contributed by atoms with Gasteiger partial charge in [0.15, 0.2) is 0 Å². The Hall–Kier alpha value is 0.797. The average Bonchev–Trinajstić information content (AvgIpc) is 2.42. The second-order valence-electron chi connectivity index (χ2n) is 4.32. The molecule has 0 aromatic rings. The van der Waals surface area contributed by atoms with Gasteiger partial charge in [0.25, 0.3) is 0 Å². The second-order valence-corrected chi connectivity index (χ2v) is 8.79. The predicted octanol–water partition coefficient (Wildman–Crippen LogP) is 2.06. The zero-order chi connectivity index (χ0) is 8.11. The number of hydrogen-bond donors (Lipinski definition) is 0. The molecule has 0 heterocycles. The molecule has 0 amide bonds. The fraction of sp³-hybridized carbons (Fsp3) is 1.00. The molecule has 2 aliphatic rings. The molecule has 0 unspecified atom stereocenters. The zero-order valence-electron chi connectivity index (χ0n) is 6.87. The molecule has 11 heavy (non-hydrogen) atoms. The first-order valence-corrected chi connectivity index (χ1v) is 6.17. The lowest BCUT2D eigenvalue weighted by molar-refractivity contribution is 0.300. The monoisotopic (exact) mass is 208 g/mol. The summed E-state index contributed by atoms with van der Waals surface area (Å²) in [6.07, 6.45) is 6.64. The van der Waals surface area contributed by atoms with Gasteiger partial charge >= 0.3 is 0 Å². The molecule has 0 aromatic carbocycles. The Labute approximate surface area is 81.1 Å². The van der Waals surface area contributed by atoms with Crippen LogP contribution in [0.4, 0.5) is 0 Å². The lowest BCUT2D eigenvalue weighted by Crippen LogP contribution is -2.36. The number of rotatable bonds is 1. The third-order valence-corrected chi connectivity index (χ3v) is 5.54. The highest BCUT2D eigenvalue weighted by molar-refractivity contribution is 6.65. The molecule has 0 spiro atoms. The molecule has 0 atom stereocenters. The van der Waals surface area contributed by atoms with E-state index in [0.29, 0.717) is 5.41 Å². The predicted molar refractivity (Wildman–Crippen MR) is 53.4 cm³/mol. The summed E-state index contributed by atoms with van der Waals surface area (Å²) < 4.78 is -0.349. The number of alkyl halides is 2. The summed E-state index contributed by atoms with van der Waals surface area (Å²) >= 11 is 12.5. The van der Waals surface area contributed by atoms with E-state index in [0.717, 1.165) is 16.2 Å². The summed E-state index contributed by atoms with van der Waals surface area (Å²) in [6.45, 7) is 0. The van der Waals surface area contributed by atoms with Gasteiger partial charge in [0.2, 0.25) is 0 Å². The van der Waals surface area contributed by atoms with Gasteiger partial charge in [-0.1, -0.05) is 0 Å². The molecule has 0 saturated heterocycles.